The molecular weight excluding hydrogens is 296 g/mol. The third-order valence-electron chi connectivity index (χ3n) is 3.52. The van der Waals surface area contributed by atoms with Crippen molar-refractivity contribution >= 4 is 28.2 Å². The Hall–Kier alpha value is -2.80. The normalized spacial score (nSPS) is 11.1. The van der Waals surface area contributed by atoms with Gasteiger partial charge in [-0.05, 0) is 24.6 Å². The average Bonchev–Trinajstić information content (AvgIpc) is 3.13. The number of aromatic nitrogens is 5. The number of nitrogens with two attached hydrogens (primary N) is 1. The Bertz CT molecular complexity index is 954. The van der Waals surface area contributed by atoms with Crippen molar-refractivity contribution in [1.82, 2.24) is 25.1 Å². The molecule has 0 radical (unpaired) electrons. The fourth-order valence-electron chi connectivity index (χ4n) is 2.42. The standard InChI is InChI=1S/C15H12N6S/c1-8-14(22-7-19-8)9-2-3-11-12(4-9)20-21-13(11)10-5-17-15(16)18-6-10/h2-7H,1H3,(H,20,21)(H2,16,17,18). The summed E-state index contributed by atoms with van der Waals surface area (Å²) in [6.07, 6.45) is 3.36. The number of nitrogens with one attached hydrogen (secondary N) is 1. The molecule has 6 nitrogen and oxygen atoms in total. The minimum atomic E-state index is 0.256. The first-order chi connectivity index (χ1) is 10.7. The molecule has 0 saturated heterocycles. The first-order valence-corrected chi connectivity index (χ1v) is 7.57. The van der Waals surface area contributed by atoms with E-state index in [9.17, 15) is 0 Å². The second-order valence-electron chi connectivity index (χ2n) is 4.93. The molecule has 0 bridgehead atoms. The highest BCUT2D eigenvalue weighted by Gasteiger charge is 2.11. The molecule has 3 heterocycles. The molecule has 3 N–H and O–H groups in total. The Morgan fingerprint density at radius 1 is 1.09 bits per heavy atom. The summed E-state index contributed by atoms with van der Waals surface area (Å²) in [6.45, 7) is 2.01. The second kappa shape index (κ2) is 4.88. The minimum Gasteiger partial charge on any atom is -0.368 e. The monoisotopic (exact) mass is 308 g/mol. The van der Waals surface area contributed by atoms with Gasteiger partial charge in [0, 0.05) is 23.3 Å². The van der Waals surface area contributed by atoms with Crippen LogP contribution in [-0.4, -0.2) is 25.1 Å². The van der Waals surface area contributed by atoms with Crippen LogP contribution in [0.4, 0.5) is 5.95 Å². The van der Waals surface area contributed by atoms with Crippen molar-refractivity contribution in [2.45, 2.75) is 6.92 Å². The lowest BCUT2D eigenvalue weighted by Crippen LogP contribution is -1.93. The molecular formula is C15H12N6S. The van der Waals surface area contributed by atoms with E-state index in [1.165, 1.54) is 4.88 Å². The molecule has 4 aromatic rings. The number of fused-ring (bicyclic) bond motifs is 1. The van der Waals surface area contributed by atoms with Crippen LogP contribution in [0.2, 0.25) is 0 Å². The zero-order valence-corrected chi connectivity index (χ0v) is 12.6. The number of rotatable bonds is 2. The third-order valence-corrected chi connectivity index (χ3v) is 4.49. The number of hydrogen-bond acceptors (Lipinski definition) is 6. The molecule has 0 unspecified atom stereocenters. The van der Waals surface area contributed by atoms with Crippen LogP contribution in [0.3, 0.4) is 0 Å². The molecule has 3 aromatic heterocycles. The van der Waals surface area contributed by atoms with E-state index in [1.54, 1.807) is 23.7 Å². The summed E-state index contributed by atoms with van der Waals surface area (Å²) in [5.74, 6) is 0.256. The Kier molecular flexibility index (Phi) is 2.87. The molecule has 4 rings (SSSR count). The van der Waals surface area contributed by atoms with Gasteiger partial charge in [-0.3, -0.25) is 5.10 Å². The summed E-state index contributed by atoms with van der Waals surface area (Å²) < 4.78 is 0. The van der Waals surface area contributed by atoms with Crippen molar-refractivity contribution in [3.63, 3.8) is 0 Å². The van der Waals surface area contributed by atoms with Gasteiger partial charge in [0.1, 0.15) is 5.69 Å². The smallest absolute Gasteiger partial charge is 0.219 e. The van der Waals surface area contributed by atoms with Gasteiger partial charge < -0.3 is 5.73 Å². The maximum atomic E-state index is 5.53. The van der Waals surface area contributed by atoms with Crippen molar-refractivity contribution in [3.05, 3.63) is 41.8 Å². The third kappa shape index (κ3) is 2.03. The molecule has 0 amide bonds. The Morgan fingerprint density at radius 2 is 1.91 bits per heavy atom. The number of nitrogens with zero attached hydrogens (tertiary/aromatic N) is 4. The second-order valence-corrected chi connectivity index (χ2v) is 5.78. The predicted octanol–water partition coefficient (Wildman–Crippen LogP) is 3.03. The summed E-state index contributed by atoms with van der Waals surface area (Å²) in [6, 6.07) is 6.23. The van der Waals surface area contributed by atoms with Gasteiger partial charge in [-0.25, -0.2) is 15.0 Å². The average molecular weight is 308 g/mol. The lowest BCUT2D eigenvalue weighted by molar-refractivity contribution is 1.11. The van der Waals surface area contributed by atoms with Crippen LogP contribution in [0, 0.1) is 6.92 Å². The van der Waals surface area contributed by atoms with E-state index in [-0.39, 0.29) is 5.95 Å². The molecule has 0 saturated carbocycles. The summed E-state index contributed by atoms with van der Waals surface area (Å²) in [7, 11) is 0. The van der Waals surface area contributed by atoms with E-state index in [2.05, 4.69) is 43.3 Å². The van der Waals surface area contributed by atoms with Crippen molar-refractivity contribution in [3.8, 4) is 21.7 Å². The Morgan fingerprint density at radius 3 is 2.64 bits per heavy atom. The van der Waals surface area contributed by atoms with E-state index in [0.717, 1.165) is 33.4 Å². The molecule has 108 valence electrons. The van der Waals surface area contributed by atoms with Gasteiger partial charge >= 0.3 is 0 Å². The van der Waals surface area contributed by atoms with Gasteiger partial charge in [-0.15, -0.1) is 11.3 Å². The molecule has 0 fully saturated rings. The van der Waals surface area contributed by atoms with Gasteiger partial charge in [0.2, 0.25) is 5.95 Å². The fraction of sp³-hybridized carbons (Fsp3) is 0.0667. The van der Waals surface area contributed by atoms with Crippen LogP contribution in [0.15, 0.2) is 36.1 Å². The SMILES string of the molecule is Cc1ncsc1-c1ccc2c(-c3cnc(N)nc3)n[nH]c2c1. The van der Waals surface area contributed by atoms with E-state index < -0.39 is 0 Å². The van der Waals surface area contributed by atoms with E-state index in [4.69, 9.17) is 5.73 Å². The van der Waals surface area contributed by atoms with Crippen molar-refractivity contribution in [1.29, 1.82) is 0 Å². The van der Waals surface area contributed by atoms with Gasteiger partial charge in [-0.2, -0.15) is 5.10 Å². The summed E-state index contributed by atoms with van der Waals surface area (Å²) >= 11 is 1.64. The highest BCUT2D eigenvalue weighted by Crippen LogP contribution is 2.32. The molecule has 1 aromatic carbocycles. The maximum absolute atomic E-state index is 5.53. The molecule has 0 atom stereocenters. The van der Waals surface area contributed by atoms with Crippen LogP contribution in [0.1, 0.15) is 5.69 Å². The van der Waals surface area contributed by atoms with Crippen LogP contribution >= 0.6 is 11.3 Å². The number of H-pyrrole nitrogens is 1. The number of aromatic amines is 1. The van der Waals surface area contributed by atoms with Crippen molar-refractivity contribution < 1.29 is 0 Å². The van der Waals surface area contributed by atoms with Gasteiger partial charge in [-0.1, -0.05) is 6.07 Å². The van der Waals surface area contributed by atoms with Crippen LogP contribution in [0.5, 0.6) is 0 Å². The number of nitrogen functional groups attached to an aromatic ring is 1. The fourth-order valence-corrected chi connectivity index (χ4v) is 3.22. The van der Waals surface area contributed by atoms with E-state index >= 15 is 0 Å². The van der Waals surface area contributed by atoms with Crippen molar-refractivity contribution in [2.24, 2.45) is 0 Å². The Labute approximate surface area is 130 Å². The number of benzene rings is 1. The van der Waals surface area contributed by atoms with Gasteiger partial charge in [0.05, 0.1) is 21.6 Å². The van der Waals surface area contributed by atoms with Crippen LogP contribution in [0.25, 0.3) is 32.6 Å². The zero-order valence-electron chi connectivity index (χ0n) is 11.7. The molecule has 0 aliphatic heterocycles. The number of hydrogen-bond donors (Lipinski definition) is 2. The summed E-state index contributed by atoms with van der Waals surface area (Å²) in [5.41, 5.74) is 12.2. The first-order valence-electron chi connectivity index (χ1n) is 6.69. The number of aryl methyl sites for hydroxylation is 1. The molecule has 0 aliphatic carbocycles. The topological polar surface area (TPSA) is 93.4 Å². The molecule has 22 heavy (non-hydrogen) atoms. The quantitative estimate of drug-likeness (QED) is 0.593. The highest BCUT2D eigenvalue weighted by atomic mass is 32.1. The Balaban J connectivity index is 1.84. The maximum Gasteiger partial charge on any atom is 0.219 e. The van der Waals surface area contributed by atoms with Gasteiger partial charge in [0.25, 0.3) is 0 Å². The predicted molar refractivity (Wildman–Crippen MR) is 87.4 cm³/mol. The number of thiazole rings is 1. The summed E-state index contributed by atoms with van der Waals surface area (Å²) in [5, 5.41) is 8.48. The highest BCUT2D eigenvalue weighted by molar-refractivity contribution is 7.13. The minimum absolute atomic E-state index is 0.256. The molecule has 7 heteroatoms. The van der Waals surface area contributed by atoms with Crippen LogP contribution in [-0.2, 0) is 0 Å². The number of anilines is 1. The van der Waals surface area contributed by atoms with Crippen molar-refractivity contribution in [2.75, 3.05) is 5.73 Å². The van der Waals surface area contributed by atoms with E-state index in [0.29, 0.717) is 0 Å². The lowest BCUT2D eigenvalue weighted by atomic mass is 10.1. The summed E-state index contributed by atoms with van der Waals surface area (Å²) in [4.78, 5) is 13.5. The van der Waals surface area contributed by atoms with Crippen LogP contribution < -0.4 is 5.73 Å². The zero-order chi connectivity index (χ0) is 15.1. The largest absolute Gasteiger partial charge is 0.368 e. The first kappa shape index (κ1) is 12.9. The molecule has 0 aliphatic rings. The van der Waals surface area contributed by atoms with E-state index in [1.807, 2.05) is 12.4 Å². The molecule has 0 spiro atoms. The van der Waals surface area contributed by atoms with Gasteiger partial charge in [0.15, 0.2) is 0 Å². The lowest BCUT2D eigenvalue weighted by Gasteiger charge is -2.00.